The molecule has 1 aromatic heterocycles. The number of nitrogens with one attached hydrogen (secondary N) is 1. The molecule has 1 amide bonds. The Morgan fingerprint density at radius 2 is 1.85 bits per heavy atom. The number of hydrogen-bond acceptors (Lipinski definition) is 4. The van der Waals surface area contributed by atoms with Crippen LogP contribution in [0.25, 0.3) is 10.9 Å². The Hall–Kier alpha value is -3.48. The van der Waals surface area contributed by atoms with E-state index in [1.54, 1.807) is 24.3 Å². The van der Waals surface area contributed by atoms with Gasteiger partial charge in [0.2, 0.25) is 0 Å². The summed E-state index contributed by atoms with van der Waals surface area (Å²) < 4.78 is 12.5. The summed E-state index contributed by atoms with van der Waals surface area (Å²) in [6.07, 6.45) is 1.97. The van der Waals surface area contributed by atoms with E-state index >= 15 is 0 Å². The second-order valence-corrected chi connectivity index (χ2v) is 8.16. The molecule has 0 spiro atoms. The van der Waals surface area contributed by atoms with Gasteiger partial charge in [-0.25, -0.2) is 4.79 Å². The molecule has 0 radical (unpaired) electrons. The van der Waals surface area contributed by atoms with E-state index in [4.69, 9.17) is 32.7 Å². The summed E-state index contributed by atoms with van der Waals surface area (Å²) in [6.45, 7) is 0.435. The van der Waals surface area contributed by atoms with Gasteiger partial charge in [0, 0.05) is 28.7 Å². The molecule has 0 saturated carbocycles. The monoisotopic (exact) mass is 482 g/mol. The Bertz CT molecular complexity index is 1330. The smallest absolute Gasteiger partial charge is 0.337 e. The van der Waals surface area contributed by atoms with Gasteiger partial charge in [-0.3, -0.25) is 4.79 Å². The fourth-order valence-corrected chi connectivity index (χ4v) is 3.90. The lowest BCUT2D eigenvalue weighted by atomic mass is 10.1. The highest BCUT2D eigenvalue weighted by Gasteiger charge is 2.10. The minimum absolute atomic E-state index is 0.161. The van der Waals surface area contributed by atoms with Crippen molar-refractivity contribution >= 4 is 51.7 Å². The molecule has 3 aromatic carbocycles. The van der Waals surface area contributed by atoms with Crippen molar-refractivity contribution in [3.63, 3.8) is 0 Å². The Morgan fingerprint density at radius 3 is 2.64 bits per heavy atom. The number of fused-ring (bicyclic) bond motifs is 1. The third kappa shape index (κ3) is 5.48. The number of ether oxygens (including phenoxy) is 2. The van der Waals surface area contributed by atoms with Crippen LogP contribution in [0.15, 0.2) is 72.9 Å². The second-order valence-electron chi connectivity index (χ2n) is 7.32. The van der Waals surface area contributed by atoms with E-state index in [9.17, 15) is 9.59 Å². The molecule has 168 valence electrons. The van der Waals surface area contributed by atoms with Crippen molar-refractivity contribution in [3.05, 3.63) is 94.1 Å². The molecule has 33 heavy (non-hydrogen) atoms. The maximum absolute atomic E-state index is 12.2. The van der Waals surface area contributed by atoms with Gasteiger partial charge in [0.05, 0.1) is 23.4 Å². The van der Waals surface area contributed by atoms with Gasteiger partial charge < -0.3 is 19.4 Å². The maximum Gasteiger partial charge on any atom is 0.337 e. The van der Waals surface area contributed by atoms with E-state index < -0.39 is 0 Å². The SMILES string of the molecule is COC(=O)c1cccc(Cn2ccc3cc(OCC(=O)Nc4ccc(Cl)cc4Cl)ccc32)c1. The molecule has 0 aliphatic rings. The molecule has 0 aliphatic heterocycles. The van der Waals surface area contributed by atoms with Crippen molar-refractivity contribution in [3.8, 4) is 5.75 Å². The van der Waals surface area contributed by atoms with Gasteiger partial charge >= 0.3 is 5.97 Å². The predicted octanol–water partition coefficient (Wildman–Crippen LogP) is 5.80. The molecule has 0 atom stereocenters. The minimum Gasteiger partial charge on any atom is -0.484 e. The number of carbonyl (C=O) groups is 2. The van der Waals surface area contributed by atoms with Crippen LogP contribution in [0.2, 0.25) is 10.0 Å². The highest BCUT2D eigenvalue weighted by Crippen LogP contribution is 2.26. The quantitative estimate of drug-likeness (QED) is 0.338. The molecule has 0 bridgehead atoms. The van der Waals surface area contributed by atoms with Gasteiger partial charge in [0.25, 0.3) is 5.91 Å². The van der Waals surface area contributed by atoms with Crippen molar-refractivity contribution in [2.75, 3.05) is 19.0 Å². The number of amides is 1. The lowest BCUT2D eigenvalue weighted by Gasteiger charge is -2.10. The van der Waals surface area contributed by atoms with Crippen LogP contribution in [0.1, 0.15) is 15.9 Å². The van der Waals surface area contributed by atoms with Gasteiger partial charge in [-0.1, -0.05) is 35.3 Å². The number of nitrogens with zero attached hydrogens (tertiary/aromatic N) is 1. The van der Waals surface area contributed by atoms with Crippen LogP contribution in [-0.2, 0) is 16.1 Å². The van der Waals surface area contributed by atoms with Crippen molar-refractivity contribution in [2.24, 2.45) is 0 Å². The summed E-state index contributed by atoms with van der Waals surface area (Å²) in [7, 11) is 1.37. The molecule has 0 aliphatic carbocycles. The number of esters is 1. The van der Waals surface area contributed by atoms with Crippen molar-refractivity contribution in [1.29, 1.82) is 0 Å². The molecule has 0 fully saturated rings. The summed E-state index contributed by atoms with van der Waals surface area (Å²) in [5, 5.41) is 4.52. The third-order valence-corrected chi connectivity index (χ3v) is 5.57. The lowest BCUT2D eigenvalue weighted by molar-refractivity contribution is -0.118. The van der Waals surface area contributed by atoms with Crippen molar-refractivity contribution < 1.29 is 19.1 Å². The van der Waals surface area contributed by atoms with Crippen LogP contribution in [0, 0.1) is 0 Å². The molecule has 6 nitrogen and oxygen atoms in total. The first-order valence-electron chi connectivity index (χ1n) is 10.1. The van der Waals surface area contributed by atoms with Crippen LogP contribution >= 0.6 is 23.2 Å². The largest absolute Gasteiger partial charge is 0.484 e. The molecular weight excluding hydrogens is 463 g/mol. The number of aromatic nitrogens is 1. The van der Waals surface area contributed by atoms with Crippen LogP contribution in [-0.4, -0.2) is 30.2 Å². The average molecular weight is 483 g/mol. The number of anilines is 1. The van der Waals surface area contributed by atoms with Gasteiger partial charge in [-0.15, -0.1) is 0 Å². The van der Waals surface area contributed by atoms with E-state index in [0.29, 0.717) is 33.6 Å². The number of benzene rings is 3. The topological polar surface area (TPSA) is 69.6 Å². The lowest BCUT2D eigenvalue weighted by Crippen LogP contribution is -2.20. The number of carbonyl (C=O) groups excluding carboxylic acids is 2. The Balaban J connectivity index is 1.41. The number of methoxy groups -OCH3 is 1. The molecule has 1 heterocycles. The third-order valence-electron chi connectivity index (χ3n) is 5.02. The summed E-state index contributed by atoms with van der Waals surface area (Å²) in [6, 6.07) is 19.8. The normalized spacial score (nSPS) is 10.8. The number of rotatable bonds is 7. The zero-order valence-corrected chi connectivity index (χ0v) is 19.2. The van der Waals surface area contributed by atoms with Crippen LogP contribution in [0.3, 0.4) is 0 Å². The summed E-state index contributed by atoms with van der Waals surface area (Å²) in [4.78, 5) is 24.0. The molecule has 0 saturated heterocycles. The minimum atomic E-state index is -0.363. The van der Waals surface area contributed by atoms with E-state index in [1.807, 2.05) is 48.7 Å². The van der Waals surface area contributed by atoms with Crippen LogP contribution < -0.4 is 10.1 Å². The summed E-state index contributed by atoms with van der Waals surface area (Å²) in [5.74, 6) is -0.119. The highest BCUT2D eigenvalue weighted by atomic mass is 35.5. The Kier molecular flexibility index (Phi) is 6.87. The van der Waals surface area contributed by atoms with Crippen LogP contribution in [0.4, 0.5) is 5.69 Å². The predicted molar refractivity (Wildman–Crippen MR) is 129 cm³/mol. The molecule has 4 aromatic rings. The average Bonchev–Trinajstić information content (AvgIpc) is 3.21. The zero-order chi connectivity index (χ0) is 23.4. The van der Waals surface area contributed by atoms with Gasteiger partial charge in [-0.05, 0) is 60.2 Å². The maximum atomic E-state index is 12.2. The fourth-order valence-electron chi connectivity index (χ4n) is 3.44. The first-order chi connectivity index (χ1) is 15.9. The van der Waals surface area contributed by atoms with Gasteiger partial charge in [-0.2, -0.15) is 0 Å². The Morgan fingerprint density at radius 1 is 1.00 bits per heavy atom. The summed E-state index contributed by atoms with van der Waals surface area (Å²) >= 11 is 12.0. The molecule has 0 unspecified atom stereocenters. The second kappa shape index (κ2) is 9.98. The zero-order valence-electron chi connectivity index (χ0n) is 17.7. The fraction of sp³-hybridized carbons (Fsp3) is 0.120. The molecular formula is C25H20Cl2N2O4. The van der Waals surface area contributed by atoms with Crippen molar-refractivity contribution in [2.45, 2.75) is 6.54 Å². The Labute approximate surface area is 200 Å². The summed E-state index contributed by atoms with van der Waals surface area (Å²) in [5.41, 5.74) is 2.97. The first kappa shape index (κ1) is 22.7. The molecule has 1 N–H and O–H groups in total. The van der Waals surface area contributed by atoms with E-state index in [2.05, 4.69) is 9.88 Å². The van der Waals surface area contributed by atoms with Crippen LogP contribution in [0.5, 0.6) is 5.75 Å². The van der Waals surface area contributed by atoms with Gasteiger partial charge in [0.1, 0.15) is 5.75 Å². The van der Waals surface area contributed by atoms with E-state index in [1.165, 1.54) is 7.11 Å². The highest BCUT2D eigenvalue weighted by molar-refractivity contribution is 6.36. The van der Waals surface area contributed by atoms with Gasteiger partial charge in [0.15, 0.2) is 6.61 Å². The van der Waals surface area contributed by atoms with E-state index in [0.717, 1.165) is 16.5 Å². The number of halogens is 2. The molecule has 4 rings (SSSR count). The van der Waals surface area contributed by atoms with E-state index in [-0.39, 0.29) is 18.5 Å². The number of hydrogen-bond donors (Lipinski definition) is 1. The molecule has 8 heteroatoms. The van der Waals surface area contributed by atoms with Crippen molar-refractivity contribution in [1.82, 2.24) is 4.57 Å². The first-order valence-corrected chi connectivity index (χ1v) is 10.8. The standard InChI is InChI=1S/C25H20Cl2N2O4/c1-32-25(31)18-4-2-3-16(11-18)14-29-10-9-17-12-20(6-8-23(17)29)33-15-24(30)28-22-7-5-19(26)13-21(22)27/h2-13H,14-15H2,1H3,(H,28,30).